The average Bonchev–Trinajstić information content (AvgIpc) is 0.933. The van der Waals surface area contributed by atoms with Gasteiger partial charge in [0.25, 0.3) is 0 Å². The quantitative estimate of drug-likeness (QED) is 0.0169. The number of phosphoric acid groups is 2. The fourth-order valence-electron chi connectivity index (χ4n) is 10.4. The Morgan fingerprint density at radius 3 is 0.774 bits per heavy atom. The minimum Gasteiger partial charge on any atom is -0.462 e. The number of allylic oxidation sites excluding steroid dienone is 26. The van der Waals surface area contributed by atoms with Crippen LogP contribution < -0.4 is 0 Å². The van der Waals surface area contributed by atoms with Gasteiger partial charge in [0.15, 0.2) is 12.2 Å². The van der Waals surface area contributed by atoms with E-state index < -0.39 is 97.5 Å². The lowest BCUT2D eigenvalue weighted by molar-refractivity contribution is -0.161. The molecule has 5 atom stereocenters. The molecule has 0 saturated heterocycles. The number of phosphoric ester groups is 2. The van der Waals surface area contributed by atoms with Gasteiger partial charge in [0, 0.05) is 25.7 Å². The molecule has 3 N–H and O–H groups in total. The second kappa shape index (κ2) is 77.8. The fourth-order valence-corrected chi connectivity index (χ4v) is 11.9. The van der Waals surface area contributed by atoms with Crippen LogP contribution in [0.3, 0.4) is 0 Å². The van der Waals surface area contributed by atoms with E-state index in [1.165, 1.54) is 25.7 Å². The topological polar surface area (TPSA) is 237 Å². The summed E-state index contributed by atoms with van der Waals surface area (Å²) in [7, 11) is -9.99. The van der Waals surface area contributed by atoms with Gasteiger partial charge < -0.3 is 33.8 Å². The first-order valence-electron chi connectivity index (χ1n) is 40.7. The lowest BCUT2D eigenvalue weighted by atomic mass is 10.1. The first-order valence-corrected chi connectivity index (χ1v) is 43.7. The first kappa shape index (κ1) is 101. The zero-order chi connectivity index (χ0) is 77.4. The van der Waals surface area contributed by atoms with E-state index in [-0.39, 0.29) is 25.7 Å². The van der Waals surface area contributed by atoms with Gasteiger partial charge in [-0.3, -0.25) is 37.3 Å². The molecular weight excluding hydrogens is 1380 g/mol. The Labute approximate surface area is 642 Å². The van der Waals surface area contributed by atoms with Gasteiger partial charge >= 0.3 is 39.5 Å². The summed E-state index contributed by atoms with van der Waals surface area (Å²) in [5.41, 5.74) is 0. The number of ether oxygens (including phenoxy) is 4. The van der Waals surface area contributed by atoms with Crippen molar-refractivity contribution in [3.8, 4) is 0 Å². The van der Waals surface area contributed by atoms with Crippen molar-refractivity contribution in [1.82, 2.24) is 0 Å². The van der Waals surface area contributed by atoms with E-state index in [0.717, 1.165) is 205 Å². The molecule has 0 saturated carbocycles. The summed E-state index contributed by atoms with van der Waals surface area (Å²) in [6, 6.07) is 0. The maximum absolute atomic E-state index is 13.1. The van der Waals surface area contributed by atoms with Crippen molar-refractivity contribution in [2.24, 2.45) is 0 Å². The predicted molar refractivity (Wildman–Crippen MR) is 436 cm³/mol. The third-order valence-corrected chi connectivity index (χ3v) is 18.4. The van der Waals surface area contributed by atoms with E-state index in [0.29, 0.717) is 25.7 Å². The van der Waals surface area contributed by atoms with Gasteiger partial charge in [-0.15, -0.1) is 0 Å². The molecule has 0 aromatic rings. The van der Waals surface area contributed by atoms with Crippen LogP contribution in [-0.2, 0) is 65.4 Å². The number of hydrogen-bond donors (Lipinski definition) is 3. The zero-order valence-corrected chi connectivity index (χ0v) is 67.8. The van der Waals surface area contributed by atoms with Crippen molar-refractivity contribution in [2.75, 3.05) is 39.6 Å². The largest absolute Gasteiger partial charge is 0.472 e. The molecule has 0 amide bonds. The molecule has 5 unspecified atom stereocenters. The number of unbranched alkanes of at least 4 members (excludes halogenated alkanes) is 23. The van der Waals surface area contributed by atoms with Crippen LogP contribution in [0.4, 0.5) is 0 Å². The summed E-state index contributed by atoms with van der Waals surface area (Å²) in [6.07, 6.45) is 90.7. The fraction of sp³-hybridized carbons (Fsp3) is 0.655. The lowest BCUT2D eigenvalue weighted by Gasteiger charge is -2.21. The summed E-state index contributed by atoms with van der Waals surface area (Å²) >= 11 is 0. The van der Waals surface area contributed by atoms with Crippen LogP contribution in [0.2, 0.25) is 0 Å². The molecule has 17 nitrogen and oxygen atoms in total. The summed E-state index contributed by atoms with van der Waals surface area (Å²) in [5.74, 6) is -2.26. The molecule has 0 fully saturated rings. The Balaban J connectivity index is 5.41. The Hall–Kier alpha value is -5.32. The number of hydrogen-bond acceptors (Lipinski definition) is 15. The van der Waals surface area contributed by atoms with E-state index in [1.54, 1.807) is 0 Å². The van der Waals surface area contributed by atoms with Crippen LogP contribution in [-0.4, -0.2) is 96.7 Å². The van der Waals surface area contributed by atoms with Crippen LogP contribution in [0.5, 0.6) is 0 Å². The van der Waals surface area contributed by atoms with Crippen molar-refractivity contribution in [3.63, 3.8) is 0 Å². The molecule has 0 aromatic carbocycles. The Bertz CT molecular complexity index is 2630. The molecule has 604 valence electrons. The number of carbonyl (C=O) groups excluding carboxylic acids is 4. The normalized spacial score (nSPS) is 14.7. The van der Waals surface area contributed by atoms with Gasteiger partial charge in [-0.25, -0.2) is 9.13 Å². The highest BCUT2D eigenvalue weighted by atomic mass is 31.2. The monoisotopic (exact) mass is 1520 g/mol. The van der Waals surface area contributed by atoms with Gasteiger partial charge in [-0.05, 0) is 167 Å². The van der Waals surface area contributed by atoms with Gasteiger partial charge in [-0.1, -0.05) is 276 Å². The molecule has 0 aromatic heterocycles. The second-order valence-electron chi connectivity index (χ2n) is 26.6. The van der Waals surface area contributed by atoms with E-state index in [2.05, 4.69) is 186 Å². The molecular formula is C87H144O17P2. The average molecular weight is 1520 g/mol. The van der Waals surface area contributed by atoms with Crippen LogP contribution >= 0.6 is 15.6 Å². The first-order chi connectivity index (χ1) is 51.7. The van der Waals surface area contributed by atoms with Crippen LogP contribution in [0.15, 0.2) is 158 Å². The number of carbonyl (C=O) groups is 4. The third-order valence-electron chi connectivity index (χ3n) is 16.5. The standard InChI is InChI=1S/C87H144O17P2/c1-5-9-13-17-21-25-29-33-36-38-40-42-45-48-51-55-59-63-67-71-84(89)97-77-82(103-86(91)73-69-65-61-57-53-47-32-28-24-20-16-12-8-4)79-101-105(93,94)99-75-81(88)76-100-106(95,96)102-80-83(104-87(92)74-70-66-62-58-54-50-44-35-31-27-23-19-15-11-7-3)78-98-85(90)72-68-64-60-56-52-49-46-43-41-39-37-34-30-26-22-18-14-10-6-2/h9-11,13-15,21-23,25-28,32-37,40-44,49,52,81-83,88H,5-8,12,16-20,24,29-31,38-39,45-48,50-51,53-80H2,1-4H3,(H,93,94)(H,95,96)/b13-9-,14-10-,15-11-,25-21-,26-22-,27-23-,32-28-,36-33-,37-34-,42-40-,43-41-,44-35-,52-49-. The lowest BCUT2D eigenvalue weighted by Crippen LogP contribution is -2.30. The van der Waals surface area contributed by atoms with Crippen LogP contribution in [0, 0.1) is 0 Å². The van der Waals surface area contributed by atoms with E-state index in [9.17, 15) is 43.2 Å². The van der Waals surface area contributed by atoms with Crippen LogP contribution in [0.1, 0.15) is 310 Å². The van der Waals surface area contributed by atoms with E-state index in [4.69, 9.17) is 37.0 Å². The maximum atomic E-state index is 13.1. The van der Waals surface area contributed by atoms with Gasteiger partial charge in [-0.2, -0.15) is 0 Å². The maximum Gasteiger partial charge on any atom is 0.472 e. The molecule has 0 aliphatic carbocycles. The molecule has 0 aliphatic heterocycles. The SMILES string of the molecule is CC/C=C\C/C=C\C/C=C\C/C=C\C/C=C\CCCCCC(=O)OCC(COP(=O)(O)OCC(O)COP(=O)(O)OCC(COC(=O)CCCCCCCC/C=C\C/C=C\C/C=C\C/C=C\CC)OC(=O)CCCCCCC/C=C\CCCCCC)OC(=O)CCCCCCC/C=C\C/C=C\C/C=C\CC. The predicted octanol–water partition coefficient (Wildman–Crippen LogP) is 24.0. The third kappa shape index (κ3) is 76.9. The molecule has 0 aliphatic rings. The molecule has 0 heterocycles. The summed E-state index contributed by atoms with van der Waals surface area (Å²) in [5, 5.41) is 10.7. The molecule has 0 spiro atoms. The Morgan fingerprint density at radius 1 is 0.274 bits per heavy atom. The van der Waals surface area contributed by atoms with E-state index in [1.807, 2.05) is 0 Å². The highest BCUT2D eigenvalue weighted by molar-refractivity contribution is 7.47. The smallest absolute Gasteiger partial charge is 0.462 e. The highest BCUT2D eigenvalue weighted by Gasteiger charge is 2.30. The number of aliphatic hydroxyl groups is 1. The molecule has 0 bridgehead atoms. The van der Waals surface area contributed by atoms with Crippen molar-refractivity contribution in [1.29, 1.82) is 0 Å². The van der Waals surface area contributed by atoms with Crippen molar-refractivity contribution < 1.29 is 80.2 Å². The minimum absolute atomic E-state index is 0.0626. The number of esters is 4. The van der Waals surface area contributed by atoms with Gasteiger partial charge in [0.05, 0.1) is 26.4 Å². The van der Waals surface area contributed by atoms with Gasteiger partial charge in [0.1, 0.15) is 19.3 Å². The number of aliphatic hydroxyl groups excluding tert-OH is 1. The second-order valence-corrected chi connectivity index (χ2v) is 29.5. The van der Waals surface area contributed by atoms with Crippen molar-refractivity contribution >= 4 is 39.5 Å². The zero-order valence-electron chi connectivity index (χ0n) is 66.1. The summed E-state index contributed by atoms with van der Waals surface area (Å²) in [6.45, 7) is 4.44. The Morgan fingerprint density at radius 2 is 0.491 bits per heavy atom. The number of rotatable bonds is 75. The van der Waals surface area contributed by atoms with E-state index >= 15 is 0 Å². The Kier molecular flexibility index (Phi) is 73.9. The summed E-state index contributed by atoms with van der Waals surface area (Å²) < 4.78 is 68.6. The molecule has 0 rings (SSSR count). The highest BCUT2D eigenvalue weighted by Crippen LogP contribution is 2.45. The molecule has 106 heavy (non-hydrogen) atoms. The van der Waals surface area contributed by atoms with Gasteiger partial charge in [0.2, 0.25) is 0 Å². The van der Waals surface area contributed by atoms with Crippen molar-refractivity contribution in [2.45, 2.75) is 329 Å². The summed E-state index contributed by atoms with van der Waals surface area (Å²) in [4.78, 5) is 73.1. The molecule has 19 heteroatoms. The van der Waals surface area contributed by atoms with Crippen LogP contribution in [0.25, 0.3) is 0 Å². The molecule has 0 radical (unpaired) electrons. The van der Waals surface area contributed by atoms with Crippen molar-refractivity contribution in [3.05, 3.63) is 158 Å². The minimum atomic E-state index is -5.00.